The number of amides is 3. The van der Waals surface area contributed by atoms with Crippen LogP contribution in [-0.4, -0.2) is 104 Å². The molecule has 274 valence electrons. The van der Waals surface area contributed by atoms with Gasteiger partial charge in [0.1, 0.15) is 0 Å². The van der Waals surface area contributed by atoms with Crippen molar-refractivity contribution in [1.82, 2.24) is 20.0 Å². The summed E-state index contributed by atoms with van der Waals surface area (Å²) in [5.41, 5.74) is 5.39. The molecule has 0 spiro atoms. The van der Waals surface area contributed by atoms with E-state index in [-0.39, 0.29) is 17.7 Å². The number of carboxylic acid groups (broad SMARTS) is 1. The van der Waals surface area contributed by atoms with Crippen molar-refractivity contribution >= 4 is 29.3 Å². The quantitative estimate of drug-likeness (QED) is 0.100. The van der Waals surface area contributed by atoms with Gasteiger partial charge in [0, 0.05) is 62.5 Å². The van der Waals surface area contributed by atoms with Crippen LogP contribution in [0, 0.1) is 0 Å². The number of likely N-dealkylation sites (N-methyl/N-ethyl adjacent to an activating group) is 1. The average molecular weight is 697 g/mol. The number of hydrogen-bond donors (Lipinski definition) is 4. The lowest BCUT2D eigenvalue weighted by Gasteiger charge is -2.34. The topological polar surface area (TPSA) is 117 Å². The van der Waals surface area contributed by atoms with E-state index in [0.29, 0.717) is 24.7 Å². The predicted molar refractivity (Wildman–Crippen MR) is 206 cm³/mol. The first-order valence-corrected chi connectivity index (χ1v) is 18.8. The molecule has 1 heterocycles. The van der Waals surface area contributed by atoms with Crippen molar-refractivity contribution in [2.45, 2.75) is 69.7 Å². The van der Waals surface area contributed by atoms with Gasteiger partial charge in [0.25, 0.3) is 5.91 Å². The van der Waals surface area contributed by atoms with Crippen LogP contribution in [0.4, 0.5) is 16.2 Å². The van der Waals surface area contributed by atoms with Crippen molar-refractivity contribution in [3.63, 3.8) is 0 Å². The molecule has 10 nitrogen and oxygen atoms in total. The fourth-order valence-electron chi connectivity index (χ4n) is 7.06. The van der Waals surface area contributed by atoms with Crippen molar-refractivity contribution in [3.8, 4) is 11.1 Å². The molecule has 0 bridgehead atoms. The third-order valence-electron chi connectivity index (χ3n) is 10.2. The third-order valence-corrected chi connectivity index (χ3v) is 10.2. The maximum absolute atomic E-state index is 13.1. The number of unbranched alkanes of at least 4 members (excludes halogenated alkanes) is 2. The van der Waals surface area contributed by atoms with Crippen LogP contribution in [-0.2, 0) is 4.79 Å². The van der Waals surface area contributed by atoms with Crippen LogP contribution in [0.2, 0.25) is 0 Å². The standard InChI is InChI=1S/C41H56N6O4/c1-42-24-10-26-47(35-20-21-35)40(49)33-16-18-34(19-17-33)43-25-8-4-7-15-38(48)45(2)29-30-46-27-22-32(23-28-46)37-14-9-13-36(39(37)44-41(50)51)31-11-5-3-6-12-31/h3,5-6,9,11-14,16-19,32,35,42-44H,4,7-8,10,15,20-30H2,1-2H3,(H,50,51). The summed E-state index contributed by atoms with van der Waals surface area (Å²) in [6, 6.07) is 24.2. The number of hydrogen-bond acceptors (Lipinski definition) is 6. The monoisotopic (exact) mass is 696 g/mol. The summed E-state index contributed by atoms with van der Waals surface area (Å²) in [5, 5.41) is 18.9. The Kier molecular flexibility index (Phi) is 14.3. The third kappa shape index (κ3) is 11.3. The minimum absolute atomic E-state index is 0.131. The van der Waals surface area contributed by atoms with Crippen LogP contribution >= 0.6 is 0 Å². The number of carbonyl (C=O) groups is 3. The van der Waals surface area contributed by atoms with Gasteiger partial charge in [-0.1, -0.05) is 55.0 Å². The average Bonchev–Trinajstić information content (AvgIpc) is 4.00. The van der Waals surface area contributed by atoms with Crippen LogP contribution in [0.25, 0.3) is 11.1 Å². The molecule has 3 aromatic carbocycles. The summed E-state index contributed by atoms with van der Waals surface area (Å²) in [7, 11) is 3.84. The minimum Gasteiger partial charge on any atom is -0.465 e. The number of piperidine rings is 1. The number of carbonyl (C=O) groups excluding carboxylic acids is 2. The van der Waals surface area contributed by atoms with Crippen LogP contribution in [0.3, 0.4) is 0 Å². The van der Waals surface area contributed by atoms with Gasteiger partial charge in [0.2, 0.25) is 5.91 Å². The lowest BCUT2D eigenvalue weighted by molar-refractivity contribution is -0.130. The number of nitrogens with zero attached hydrogens (tertiary/aromatic N) is 3. The van der Waals surface area contributed by atoms with E-state index in [1.165, 1.54) is 0 Å². The fourth-order valence-corrected chi connectivity index (χ4v) is 7.06. The van der Waals surface area contributed by atoms with E-state index < -0.39 is 6.09 Å². The van der Waals surface area contributed by atoms with E-state index in [4.69, 9.17) is 0 Å². The maximum Gasteiger partial charge on any atom is 0.409 e. The Bertz CT molecular complexity index is 1550. The molecular weight excluding hydrogens is 640 g/mol. The fraction of sp³-hybridized carbons (Fsp3) is 0.488. The number of benzene rings is 3. The molecule has 1 saturated heterocycles. The van der Waals surface area contributed by atoms with Crippen molar-refractivity contribution in [2.24, 2.45) is 0 Å². The molecule has 0 radical (unpaired) electrons. The van der Waals surface area contributed by atoms with Gasteiger partial charge in [-0.15, -0.1) is 0 Å². The lowest BCUT2D eigenvalue weighted by Crippen LogP contribution is -2.40. The van der Waals surface area contributed by atoms with E-state index in [0.717, 1.165) is 119 Å². The first-order chi connectivity index (χ1) is 24.8. The highest BCUT2D eigenvalue weighted by Crippen LogP contribution is 2.39. The van der Waals surface area contributed by atoms with E-state index in [1.54, 1.807) is 0 Å². The summed E-state index contributed by atoms with van der Waals surface area (Å²) in [5.74, 6) is 0.586. The molecule has 0 atom stereocenters. The first-order valence-electron chi connectivity index (χ1n) is 18.8. The van der Waals surface area contributed by atoms with Crippen LogP contribution in [0.15, 0.2) is 72.8 Å². The number of para-hydroxylation sites is 1. The minimum atomic E-state index is -1.05. The summed E-state index contributed by atoms with van der Waals surface area (Å²) in [4.78, 5) is 43.9. The zero-order chi connectivity index (χ0) is 36.0. The van der Waals surface area contributed by atoms with E-state index in [9.17, 15) is 19.5 Å². The molecule has 0 unspecified atom stereocenters. The molecule has 3 aromatic rings. The molecule has 10 heteroatoms. The second-order valence-electron chi connectivity index (χ2n) is 14.0. The molecule has 0 aromatic heterocycles. The molecule has 5 rings (SSSR count). The van der Waals surface area contributed by atoms with Gasteiger partial charge in [-0.2, -0.15) is 0 Å². The van der Waals surface area contributed by atoms with Crippen molar-refractivity contribution in [1.29, 1.82) is 0 Å². The molecule has 1 aliphatic heterocycles. The lowest BCUT2D eigenvalue weighted by atomic mass is 9.86. The summed E-state index contributed by atoms with van der Waals surface area (Å²) in [6.45, 7) is 5.90. The summed E-state index contributed by atoms with van der Waals surface area (Å²) >= 11 is 0. The zero-order valence-corrected chi connectivity index (χ0v) is 30.4. The van der Waals surface area contributed by atoms with Gasteiger partial charge in [-0.3, -0.25) is 14.9 Å². The second kappa shape index (κ2) is 19.3. The largest absolute Gasteiger partial charge is 0.465 e. The van der Waals surface area contributed by atoms with Gasteiger partial charge in [0.15, 0.2) is 0 Å². The van der Waals surface area contributed by atoms with Crippen molar-refractivity contribution in [3.05, 3.63) is 83.9 Å². The summed E-state index contributed by atoms with van der Waals surface area (Å²) in [6.07, 6.45) is 7.38. The van der Waals surface area contributed by atoms with Gasteiger partial charge in [0.05, 0.1) is 5.69 Å². The second-order valence-corrected chi connectivity index (χ2v) is 14.0. The Labute approximate surface area is 303 Å². The van der Waals surface area contributed by atoms with Gasteiger partial charge in [-0.05, 0) is 113 Å². The molecule has 4 N–H and O–H groups in total. The van der Waals surface area contributed by atoms with Crippen LogP contribution < -0.4 is 16.0 Å². The molecule has 2 fully saturated rings. The highest BCUT2D eigenvalue weighted by atomic mass is 16.4. The van der Waals surface area contributed by atoms with E-state index >= 15 is 0 Å². The highest BCUT2D eigenvalue weighted by molar-refractivity contribution is 5.95. The Morgan fingerprint density at radius 2 is 1.57 bits per heavy atom. The first kappa shape index (κ1) is 37.8. The Morgan fingerprint density at radius 3 is 2.25 bits per heavy atom. The van der Waals surface area contributed by atoms with Gasteiger partial charge >= 0.3 is 6.09 Å². The van der Waals surface area contributed by atoms with Crippen LogP contribution in [0.1, 0.15) is 79.6 Å². The molecular formula is C41H56N6O4. The Morgan fingerprint density at radius 1 is 0.824 bits per heavy atom. The number of rotatable bonds is 19. The van der Waals surface area contributed by atoms with E-state index in [1.807, 2.05) is 90.6 Å². The molecule has 1 aliphatic carbocycles. The van der Waals surface area contributed by atoms with Crippen molar-refractivity contribution in [2.75, 3.05) is 70.5 Å². The van der Waals surface area contributed by atoms with Gasteiger partial charge in [-0.25, -0.2) is 4.79 Å². The van der Waals surface area contributed by atoms with Gasteiger partial charge < -0.3 is 30.4 Å². The van der Waals surface area contributed by atoms with Crippen LogP contribution in [0.5, 0.6) is 0 Å². The number of likely N-dealkylation sites (tertiary alicyclic amines) is 1. The zero-order valence-electron chi connectivity index (χ0n) is 30.4. The number of anilines is 2. The molecule has 1 saturated carbocycles. The Balaban J connectivity index is 0.968. The summed E-state index contributed by atoms with van der Waals surface area (Å²) < 4.78 is 0. The maximum atomic E-state index is 13.1. The SMILES string of the molecule is CNCCCN(C(=O)c1ccc(NCCCCCC(=O)N(C)CCN2CCC(c3cccc(-c4ccccc4)c3NC(=O)O)CC2)cc1)C1CC1. The smallest absolute Gasteiger partial charge is 0.409 e. The van der Waals surface area contributed by atoms with Crippen molar-refractivity contribution < 1.29 is 19.5 Å². The normalized spacial score (nSPS) is 14.9. The Hall–Kier alpha value is -4.41. The number of nitrogens with one attached hydrogen (secondary N) is 3. The predicted octanol–water partition coefficient (Wildman–Crippen LogP) is 6.97. The molecule has 51 heavy (non-hydrogen) atoms. The molecule has 2 aliphatic rings. The highest BCUT2D eigenvalue weighted by Gasteiger charge is 2.32. The van der Waals surface area contributed by atoms with E-state index in [2.05, 4.69) is 26.9 Å². The molecule has 3 amide bonds.